The summed E-state index contributed by atoms with van der Waals surface area (Å²) in [5, 5.41) is 0. The molecule has 5 heteroatoms. The topological polar surface area (TPSA) is 46.6 Å². The first kappa shape index (κ1) is 14.8. The summed E-state index contributed by atoms with van der Waals surface area (Å²) in [5.41, 5.74) is 1.70. The number of hydrogen-bond acceptors (Lipinski definition) is 3. The van der Waals surface area contributed by atoms with Crippen LogP contribution in [-0.4, -0.2) is 18.0 Å². The number of esters is 1. The zero-order valence-electron chi connectivity index (χ0n) is 11.9. The Bertz CT molecular complexity index is 717. The fourth-order valence-corrected chi connectivity index (χ4v) is 3.12. The minimum Gasteiger partial charge on any atom is -0.450 e. The Morgan fingerprint density at radius 3 is 2.36 bits per heavy atom. The predicted octanol–water partition coefficient (Wildman–Crippen LogP) is 3.47. The molecule has 0 N–H and O–H groups in total. The van der Waals surface area contributed by atoms with Crippen molar-refractivity contribution in [3.05, 3.63) is 64.6 Å². The van der Waals surface area contributed by atoms with E-state index in [1.165, 1.54) is 6.92 Å². The van der Waals surface area contributed by atoms with Crippen molar-refractivity contribution in [1.82, 2.24) is 0 Å². The van der Waals surface area contributed by atoms with Crippen LogP contribution >= 0.6 is 15.9 Å². The van der Waals surface area contributed by atoms with E-state index in [2.05, 4.69) is 15.9 Å². The van der Waals surface area contributed by atoms with Crippen molar-refractivity contribution in [2.75, 3.05) is 4.90 Å². The highest BCUT2D eigenvalue weighted by atomic mass is 79.9. The van der Waals surface area contributed by atoms with Gasteiger partial charge in [-0.05, 0) is 33.6 Å². The van der Waals surface area contributed by atoms with E-state index in [4.69, 9.17) is 4.74 Å². The number of carbonyl (C=O) groups excluding carboxylic acids is 2. The second-order valence-electron chi connectivity index (χ2n) is 5.05. The molecule has 0 bridgehead atoms. The Balaban J connectivity index is 2.00. The average Bonchev–Trinajstić information content (AvgIpc) is 2.52. The lowest BCUT2D eigenvalue weighted by molar-refractivity contribution is -0.160. The van der Waals surface area contributed by atoms with Gasteiger partial charge in [-0.3, -0.25) is 14.5 Å². The lowest BCUT2D eigenvalue weighted by atomic mass is 9.89. The largest absolute Gasteiger partial charge is 0.450 e. The number of anilines is 1. The monoisotopic (exact) mass is 359 g/mol. The Hall–Kier alpha value is -2.14. The first-order valence-electron chi connectivity index (χ1n) is 6.89. The van der Waals surface area contributed by atoms with E-state index in [0.29, 0.717) is 0 Å². The highest BCUT2D eigenvalue weighted by Crippen LogP contribution is 2.43. The standard InChI is InChI=1S/C17H14BrNO3/c1-11(20)22-16-15(12-7-3-2-4-8-12)19(17(16)21)14-10-6-5-9-13(14)18/h2-10,15-16H,1H3/t15-,16-/m1/s1. The fourth-order valence-electron chi connectivity index (χ4n) is 2.65. The zero-order chi connectivity index (χ0) is 15.7. The highest BCUT2D eigenvalue weighted by molar-refractivity contribution is 9.10. The van der Waals surface area contributed by atoms with E-state index in [1.54, 1.807) is 4.90 Å². The van der Waals surface area contributed by atoms with Crippen LogP contribution in [0.25, 0.3) is 0 Å². The average molecular weight is 360 g/mol. The smallest absolute Gasteiger partial charge is 0.303 e. The third kappa shape index (κ3) is 2.52. The van der Waals surface area contributed by atoms with Gasteiger partial charge in [0, 0.05) is 11.4 Å². The van der Waals surface area contributed by atoms with Gasteiger partial charge in [0.05, 0.1) is 5.69 Å². The van der Waals surface area contributed by atoms with Crippen molar-refractivity contribution in [2.45, 2.75) is 19.1 Å². The highest BCUT2D eigenvalue weighted by Gasteiger charge is 2.51. The maximum absolute atomic E-state index is 12.5. The normalized spacial score (nSPS) is 20.5. The Labute approximate surface area is 136 Å². The van der Waals surface area contributed by atoms with Crippen LogP contribution in [0.1, 0.15) is 18.5 Å². The molecule has 3 rings (SSSR count). The van der Waals surface area contributed by atoms with E-state index in [9.17, 15) is 9.59 Å². The fraction of sp³-hybridized carbons (Fsp3) is 0.176. The van der Waals surface area contributed by atoms with Crippen LogP contribution in [0.2, 0.25) is 0 Å². The molecule has 1 aliphatic rings. The van der Waals surface area contributed by atoms with Crippen LogP contribution < -0.4 is 4.90 Å². The molecule has 0 aromatic heterocycles. The molecule has 1 aliphatic heterocycles. The Kier molecular flexibility index (Phi) is 3.98. The summed E-state index contributed by atoms with van der Waals surface area (Å²) in [6, 6.07) is 16.8. The summed E-state index contributed by atoms with van der Waals surface area (Å²) in [4.78, 5) is 25.4. The number of rotatable bonds is 3. The molecule has 112 valence electrons. The summed E-state index contributed by atoms with van der Waals surface area (Å²) < 4.78 is 6.04. The molecular weight excluding hydrogens is 346 g/mol. The van der Waals surface area contributed by atoms with E-state index in [0.717, 1.165) is 15.7 Å². The van der Waals surface area contributed by atoms with Gasteiger partial charge in [0.1, 0.15) is 6.04 Å². The summed E-state index contributed by atoms with van der Waals surface area (Å²) in [6.45, 7) is 1.32. The van der Waals surface area contributed by atoms with E-state index < -0.39 is 12.1 Å². The molecule has 0 unspecified atom stereocenters. The second kappa shape index (κ2) is 5.93. The maximum Gasteiger partial charge on any atom is 0.303 e. The second-order valence-corrected chi connectivity index (χ2v) is 5.90. The lowest BCUT2D eigenvalue weighted by Gasteiger charge is -2.46. The number of halogens is 1. The molecule has 4 nitrogen and oxygen atoms in total. The molecule has 22 heavy (non-hydrogen) atoms. The molecule has 1 fully saturated rings. The van der Waals surface area contributed by atoms with Crippen molar-refractivity contribution < 1.29 is 14.3 Å². The summed E-state index contributed by atoms with van der Waals surface area (Å²) in [7, 11) is 0. The quantitative estimate of drug-likeness (QED) is 0.622. The number of para-hydroxylation sites is 1. The van der Waals surface area contributed by atoms with E-state index in [1.807, 2.05) is 54.6 Å². The van der Waals surface area contributed by atoms with Gasteiger partial charge in [-0.25, -0.2) is 0 Å². The minimum absolute atomic E-state index is 0.212. The van der Waals surface area contributed by atoms with Gasteiger partial charge in [-0.2, -0.15) is 0 Å². The molecule has 1 amide bonds. The number of ether oxygens (including phenoxy) is 1. The molecule has 0 saturated carbocycles. The molecule has 1 saturated heterocycles. The van der Waals surface area contributed by atoms with Crippen LogP contribution in [0.5, 0.6) is 0 Å². The van der Waals surface area contributed by atoms with Gasteiger partial charge in [0.25, 0.3) is 5.91 Å². The van der Waals surface area contributed by atoms with E-state index >= 15 is 0 Å². The van der Waals surface area contributed by atoms with Crippen LogP contribution in [0, 0.1) is 0 Å². The summed E-state index contributed by atoms with van der Waals surface area (Å²) in [6.07, 6.45) is -0.771. The number of benzene rings is 2. The van der Waals surface area contributed by atoms with Crippen LogP contribution in [0.3, 0.4) is 0 Å². The van der Waals surface area contributed by atoms with Gasteiger partial charge >= 0.3 is 5.97 Å². The van der Waals surface area contributed by atoms with E-state index in [-0.39, 0.29) is 11.9 Å². The summed E-state index contributed by atoms with van der Waals surface area (Å²) >= 11 is 3.47. The number of carbonyl (C=O) groups is 2. The number of hydrogen-bond donors (Lipinski definition) is 0. The minimum atomic E-state index is -0.771. The van der Waals surface area contributed by atoms with Gasteiger partial charge in [-0.15, -0.1) is 0 Å². The van der Waals surface area contributed by atoms with Gasteiger partial charge < -0.3 is 4.74 Å². The SMILES string of the molecule is CC(=O)O[C@H]1C(=O)N(c2ccccc2Br)[C@@H]1c1ccccc1. The number of amides is 1. The molecule has 0 radical (unpaired) electrons. The molecule has 2 aromatic rings. The van der Waals surface area contributed by atoms with Crippen molar-refractivity contribution in [1.29, 1.82) is 0 Å². The molecule has 2 atom stereocenters. The molecular formula is C17H14BrNO3. The van der Waals surface area contributed by atoms with Gasteiger partial charge in [0.2, 0.25) is 6.10 Å². The van der Waals surface area contributed by atoms with Crippen molar-refractivity contribution in [3.63, 3.8) is 0 Å². The van der Waals surface area contributed by atoms with Crippen molar-refractivity contribution in [2.24, 2.45) is 0 Å². The number of β-lactam (4-membered cyclic amide) rings is 1. The van der Waals surface area contributed by atoms with Crippen molar-refractivity contribution in [3.8, 4) is 0 Å². The third-order valence-electron chi connectivity index (χ3n) is 3.59. The van der Waals surface area contributed by atoms with Gasteiger partial charge in [0.15, 0.2) is 0 Å². The Morgan fingerprint density at radius 1 is 1.09 bits per heavy atom. The summed E-state index contributed by atoms with van der Waals surface area (Å²) in [5.74, 6) is -0.665. The van der Waals surface area contributed by atoms with Crippen LogP contribution in [0.15, 0.2) is 59.1 Å². The zero-order valence-corrected chi connectivity index (χ0v) is 13.5. The first-order valence-corrected chi connectivity index (χ1v) is 7.68. The first-order chi connectivity index (χ1) is 10.6. The molecule has 1 heterocycles. The van der Waals surface area contributed by atoms with Crippen LogP contribution in [0.4, 0.5) is 5.69 Å². The lowest BCUT2D eigenvalue weighted by Crippen LogP contribution is -2.60. The Morgan fingerprint density at radius 2 is 1.73 bits per heavy atom. The molecule has 2 aromatic carbocycles. The number of nitrogens with zero attached hydrogens (tertiary/aromatic N) is 1. The third-order valence-corrected chi connectivity index (χ3v) is 4.26. The molecule has 0 aliphatic carbocycles. The van der Waals surface area contributed by atoms with Crippen molar-refractivity contribution >= 4 is 33.5 Å². The molecule has 0 spiro atoms. The predicted molar refractivity (Wildman–Crippen MR) is 86.4 cm³/mol. The van der Waals surface area contributed by atoms with Crippen LogP contribution in [-0.2, 0) is 14.3 Å². The maximum atomic E-state index is 12.5. The van der Waals surface area contributed by atoms with Gasteiger partial charge in [-0.1, -0.05) is 42.5 Å².